The van der Waals surface area contributed by atoms with E-state index in [2.05, 4.69) is 29.9 Å². The van der Waals surface area contributed by atoms with Crippen LogP contribution in [0.25, 0.3) is 11.3 Å². The molecule has 1 aliphatic heterocycles. The Bertz CT molecular complexity index is 1230. The first-order valence-corrected chi connectivity index (χ1v) is 11.9. The third-order valence-electron chi connectivity index (χ3n) is 5.60. The maximum absolute atomic E-state index is 12.9. The number of hydrogen-bond donors (Lipinski definition) is 2. The number of anilines is 3. The van der Waals surface area contributed by atoms with Crippen molar-refractivity contribution >= 4 is 35.0 Å². The first-order chi connectivity index (χ1) is 16.7. The number of carbonyl (C=O) groups is 1. The Morgan fingerprint density at radius 2 is 1.85 bits per heavy atom. The summed E-state index contributed by atoms with van der Waals surface area (Å²) in [6.07, 6.45) is 2.55. The van der Waals surface area contributed by atoms with Gasteiger partial charge in [-0.25, -0.2) is 0 Å². The van der Waals surface area contributed by atoms with E-state index in [-0.39, 0.29) is 17.8 Å². The van der Waals surface area contributed by atoms with Gasteiger partial charge in [0.25, 0.3) is 5.91 Å². The lowest BCUT2D eigenvalue weighted by Gasteiger charge is -2.15. The molecule has 34 heavy (non-hydrogen) atoms. The van der Waals surface area contributed by atoms with Crippen LogP contribution < -0.4 is 15.8 Å². The van der Waals surface area contributed by atoms with Crippen molar-refractivity contribution in [1.29, 1.82) is 0 Å². The van der Waals surface area contributed by atoms with E-state index < -0.39 is 0 Å². The molecular formula is C23H24N8O2S. The predicted octanol–water partition coefficient (Wildman–Crippen LogP) is 3.29. The molecule has 174 valence electrons. The van der Waals surface area contributed by atoms with E-state index in [0.717, 1.165) is 47.0 Å². The van der Waals surface area contributed by atoms with E-state index >= 15 is 0 Å². The van der Waals surface area contributed by atoms with Crippen molar-refractivity contribution in [3.05, 3.63) is 59.5 Å². The Balaban J connectivity index is 1.20. The second-order valence-electron chi connectivity index (χ2n) is 7.92. The molecule has 10 nitrogen and oxygen atoms in total. The summed E-state index contributed by atoms with van der Waals surface area (Å²) < 4.78 is 10.8. The zero-order valence-corrected chi connectivity index (χ0v) is 19.2. The molecular weight excluding hydrogens is 452 g/mol. The first-order valence-electron chi connectivity index (χ1n) is 11.0. The summed E-state index contributed by atoms with van der Waals surface area (Å²) in [5.41, 5.74) is 8.80. The van der Waals surface area contributed by atoms with Crippen LogP contribution in [0.15, 0.2) is 53.9 Å². The summed E-state index contributed by atoms with van der Waals surface area (Å²) in [6, 6.07) is 14.5. The number of aromatic nitrogens is 5. The molecule has 1 aliphatic rings. The van der Waals surface area contributed by atoms with Gasteiger partial charge in [0.1, 0.15) is 18.1 Å². The van der Waals surface area contributed by atoms with Crippen LogP contribution in [0.3, 0.4) is 0 Å². The zero-order valence-electron chi connectivity index (χ0n) is 18.4. The summed E-state index contributed by atoms with van der Waals surface area (Å²) in [5.74, 6) is 0.665. The topological polar surface area (TPSA) is 124 Å². The second-order valence-corrected chi connectivity index (χ2v) is 8.53. The standard InChI is InChI=1S/C23H24N8O2S/c24-22-26-23(25-18-7-9-19(10-8-18)33-14-13-30-11-1-2-12-30)28-31(22)21(32)17-5-3-16(4-6-17)20-15-34-29-27-20/h3-10,15H,1-2,11-14H2,(H3,24,25,26,28). The van der Waals surface area contributed by atoms with Gasteiger partial charge in [-0.05, 0) is 73.9 Å². The normalized spacial score (nSPS) is 13.8. The highest BCUT2D eigenvalue weighted by Crippen LogP contribution is 2.21. The van der Waals surface area contributed by atoms with Crippen molar-refractivity contribution in [3.8, 4) is 17.0 Å². The van der Waals surface area contributed by atoms with Crippen LogP contribution in [-0.2, 0) is 0 Å². The van der Waals surface area contributed by atoms with Crippen molar-refractivity contribution in [2.45, 2.75) is 12.8 Å². The third kappa shape index (κ3) is 5.05. The fraction of sp³-hybridized carbons (Fsp3) is 0.261. The van der Waals surface area contributed by atoms with Crippen molar-refractivity contribution in [2.75, 3.05) is 37.3 Å². The molecule has 1 saturated heterocycles. The van der Waals surface area contributed by atoms with Gasteiger partial charge in [-0.15, -0.1) is 10.2 Å². The summed E-state index contributed by atoms with van der Waals surface area (Å²) in [6.45, 7) is 3.93. The van der Waals surface area contributed by atoms with E-state index in [4.69, 9.17) is 10.5 Å². The van der Waals surface area contributed by atoms with Crippen LogP contribution >= 0.6 is 11.5 Å². The number of likely N-dealkylation sites (tertiary alicyclic amines) is 1. The number of nitrogens with zero attached hydrogens (tertiary/aromatic N) is 6. The molecule has 1 fully saturated rings. The van der Waals surface area contributed by atoms with Gasteiger partial charge in [0, 0.05) is 28.7 Å². The van der Waals surface area contributed by atoms with Gasteiger partial charge in [-0.3, -0.25) is 9.69 Å². The van der Waals surface area contributed by atoms with Gasteiger partial charge in [-0.1, -0.05) is 16.6 Å². The highest BCUT2D eigenvalue weighted by atomic mass is 32.1. The summed E-state index contributed by atoms with van der Waals surface area (Å²) in [7, 11) is 0. The fourth-order valence-electron chi connectivity index (χ4n) is 3.79. The van der Waals surface area contributed by atoms with Gasteiger partial charge in [0.2, 0.25) is 11.9 Å². The summed E-state index contributed by atoms with van der Waals surface area (Å²) in [5, 5.41) is 13.2. The molecule has 5 rings (SSSR count). The Morgan fingerprint density at radius 3 is 2.56 bits per heavy atom. The van der Waals surface area contributed by atoms with Gasteiger partial charge in [0.05, 0.1) is 0 Å². The Labute approximate surface area is 200 Å². The molecule has 2 aromatic heterocycles. The zero-order chi connectivity index (χ0) is 23.3. The monoisotopic (exact) mass is 476 g/mol. The molecule has 0 spiro atoms. The molecule has 0 atom stereocenters. The number of nitrogens with one attached hydrogen (secondary N) is 1. The van der Waals surface area contributed by atoms with Gasteiger partial charge in [-0.2, -0.15) is 9.67 Å². The molecule has 4 aromatic rings. The van der Waals surface area contributed by atoms with Gasteiger partial charge >= 0.3 is 0 Å². The van der Waals surface area contributed by atoms with Crippen molar-refractivity contribution in [1.82, 2.24) is 29.3 Å². The minimum Gasteiger partial charge on any atom is -0.492 e. The molecule has 0 radical (unpaired) electrons. The smallest absolute Gasteiger partial charge is 0.281 e. The van der Waals surface area contributed by atoms with Crippen LogP contribution in [0.5, 0.6) is 5.75 Å². The average Bonchev–Trinajstić information content (AvgIpc) is 3.63. The minimum atomic E-state index is -0.372. The first kappa shape index (κ1) is 22.0. The van der Waals surface area contributed by atoms with E-state index in [1.807, 2.05) is 41.8 Å². The molecule has 0 amide bonds. The Kier molecular flexibility index (Phi) is 6.45. The number of ether oxygens (including phenoxy) is 1. The Hall–Kier alpha value is -3.83. The van der Waals surface area contributed by atoms with E-state index in [1.54, 1.807) is 12.1 Å². The Morgan fingerprint density at radius 1 is 1.09 bits per heavy atom. The number of nitrogens with two attached hydrogens (primary N) is 1. The average molecular weight is 477 g/mol. The van der Waals surface area contributed by atoms with Crippen LogP contribution in [0, 0.1) is 0 Å². The molecule has 3 N–H and O–H groups in total. The van der Waals surface area contributed by atoms with Gasteiger partial charge < -0.3 is 15.8 Å². The van der Waals surface area contributed by atoms with E-state index in [9.17, 15) is 4.79 Å². The highest BCUT2D eigenvalue weighted by molar-refractivity contribution is 7.03. The molecule has 0 aliphatic carbocycles. The largest absolute Gasteiger partial charge is 0.492 e. The van der Waals surface area contributed by atoms with Crippen LogP contribution in [0.4, 0.5) is 17.6 Å². The molecule has 3 heterocycles. The lowest BCUT2D eigenvalue weighted by molar-refractivity contribution is 0.0948. The molecule has 0 bridgehead atoms. The maximum Gasteiger partial charge on any atom is 0.281 e. The molecule has 0 saturated carbocycles. The fourth-order valence-corrected chi connectivity index (χ4v) is 4.25. The predicted molar refractivity (Wildman–Crippen MR) is 130 cm³/mol. The lowest BCUT2D eigenvalue weighted by Crippen LogP contribution is -2.25. The number of carbonyl (C=O) groups excluding carboxylic acids is 1. The van der Waals surface area contributed by atoms with Crippen molar-refractivity contribution in [2.24, 2.45) is 0 Å². The molecule has 11 heteroatoms. The van der Waals surface area contributed by atoms with Crippen LogP contribution in [0.1, 0.15) is 23.2 Å². The number of rotatable bonds is 8. The van der Waals surface area contributed by atoms with E-state index in [0.29, 0.717) is 12.2 Å². The second kappa shape index (κ2) is 9.98. The lowest BCUT2D eigenvalue weighted by atomic mass is 10.1. The quantitative estimate of drug-likeness (QED) is 0.394. The van der Waals surface area contributed by atoms with Crippen LogP contribution in [0.2, 0.25) is 0 Å². The highest BCUT2D eigenvalue weighted by Gasteiger charge is 2.17. The SMILES string of the molecule is Nc1nc(Nc2ccc(OCCN3CCCC3)cc2)nn1C(=O)c1ccc(-c2csnn2)cc1. The molecule has 0 unspecified atom stereocenters. The van der Waals surface area contributed by atoms with Crippen LogP contribution in [-0.4, -0.2) is 61.4 Å². The minimum absolute atomic E-state index is 0.00199. The van der Waals surface area contributed by atoms with Gasteiger partial charge in [0.15, 0.2) is 0 Å². The summed E-state index contributed by atoms with van der Waals surface area (Å²) in [4.78, 5) is 19.5. The third-order valence-corrected chi connectivity index (χ3v) is 6.10. The number of nitrogen functional groups attached to an aromatic ring is 1. The molecule has 2 aromatic carbocycles. The number of hydrogen-bond acceptors (Lipinski definition) is 10. The van der Waals surface area contributed by atoms with Crippen molar-refractivity contribution < 1.29 is 9.53 Å². The maximum atomic E-state index is 12.9. The van der Waals surface area contributed by atoms with Crippen molar-refractivity contribution in [3.63, 3.8) is 0 Å². The number of benzene rings is 2. The summed E-state index contributed by atoms with van der Waals surface area (Å²) >= 11 is 1.27. The van der Waals surface area contributed by atoms with E-state index in [1.165, 1.54) is 24.4 Å².